The molecule has 3 heterocycles. The molecule has 5 nitrogen and oxygen atoms in total. The first-order chi connectivity index (χ1) is 16.1. The van der Waals surface area contributed by atoms with Gasteiger partial charge in [0.05, 0.1) is 18.2 Å². The summed E-state index contributed by atoms with van der Waals surface area (Å²) in [6.07, 6.45) is 1.91. The Morgan fingerprint density at radius 2 is 1.97 bits per heavy atom. The Morgan fingerprint density at radius 1 is 1.12 bits per heavy atom. The Kier molecular flexibility index (Phi) is 4.98. The number of aryl methyl sites for hydroxylation is 1. The molecule has 3 aromatic rings. The number of thiophene rings is 1. The molecule has 2 amide bonds. The SMILES string of the molecule is Cc1ccc(-c2sccc2C(=O)N2C[C@@H]3C[C@@H]3[C@H]2CNC(=O)c2cccc3c2CCO3)cc1. The van der Waals surface area contributed by atoms with Crippen LogP contribution in [-0.2, 0) is 6.42 Å². The molecule has 2 aliphatic heterocycles. The van der Waals surface area contributed by atoms with Crippen LogP contribution < -0.4 is 10.1 Å². The van der Waals surface area contributed by atoms with Crippen LogP contribution in [0.4, 0.5) is 0 Å². The first-order valence-electron chi connectivity index (χ1n) is 11.6. The second-order valence-corrected chi connectivity index (χ2v) is 10.2. The van der Waals surface area contributed by atoms with Crippen molar-refractivity contribution in [3.63, 3.8) is 0 Å². The lowest BCUT2D eigenvalue weighted by Gasteiger charge is -2.28. The lowest BCUT2D eigenvalue weighted by atomic mass is 10.0. The van der Waals surface area contributed by atoms with Gasteiger partial charge in [-0.1, -0.05) is 35.9 Å². The van der Waals surface area contributed by atoms with E-state index in [1.807, 2.05) is 34.5 Å². The van der Waals surface area contributed by atoms with Crippen molar-refractivity contribution in [2.24, 2.45) is 11.8 Å². The summed E-state index contributed by atoms with van der Waals surface area (Å²) in [7, 11) is 0. The van der Waals surface area contributed by atoms with Gasteiger partial charge in [-0.2, -0.15) is 0 Å². The molecule has 0 bridgehead atoms. The lowest BCUT2D eigenvalue weighted by Crippen LogP contribution is -2.45. The number of nitrogens with zero attached hydrogens (tertiary/aromatic N) is 1. The standard InChI is InChI=1S/C27H26N2O3S/c1-16-5-7-17(8-6-16)25-21(10-12-33-25)27(31)29-15-18-13-22(18)23(29)14-28-26(30)20-3-2-4-24-19(20)9-11-32-24/h2-8,10,12,18,22-23H,9,11,13-15H2,1H3,(H,28,30)/t18-,22-,23+/m0/s1. The second-order valence-electron chi connectivity index (χ2n) is 9.30. The van der Waals surface area contributed by atoms with E-state index < -0.39 is 0 Å². The molecule has 1 N–H and O–H groups in total. The van der Waals surface area contributed by atoms with Crippen molar-refractivity contribution in [2.75, 3.05) is 19.7 Å². The zero-order valence-corrected chi connectivity index (χ0v) is 19.4. The van der Waals surface area contributed by atoms with Crippen LogP contribution in [0.3, 0.4) is 0 Å². The quantitative estimate of drug-likeness (QED) is 0.610. The van der Waals surface area contributed by atoms with Crippen molar-refractivity contribution < 1.29 is 14.3 Å². The predicted octanol–water partition coefficient (Wildman–Crippen LogP) is 4.55. The van der Waals surface area contributed by atoms with Crippen molar-refractivity contribution >= 4 is 23.2 Å². The fourth-order valence-electron chi connectivity index (χ4n) is 5.35. The summed E-state index contributed by atoms with van der Waals surface area (Å²) in [5.74, 6) is 1.85. The maximum absolute atomic E-state index is 13.6. The minimum absolute atomic E-state index is 0.0465. The van der Waals surface area contributed by atoms with Crippen LogP contribution in [0.1, 0.15) is 38.3 Å². The molecule has 6 heteroatoms. The third-order valence-electron chi connectivity index (χ3n) is 7.23. The van der Waals surface area contributed by atoms with Gasteiger partial charge in [-0.15, -0.1) is 11.3 Å². The van der Waals surface area contributed by atoms with E-state index in [1.165, 1.54) is 5.56 Å². The molecule has 1 saturated heterocycles. The maximum atomic E-state index is 13.6. The predicted molar refractivity (Wildman–Crippen MR) is 129 cm³/mol. The monoisotopic (exact) mass is 458 g/mol. The van der Waals surface area contributed by atoms with Crippen molar-refractivity contribution in [1.29, 1.82) is 0 Å². The number of carbonyl (C=O) groups is 2. The highest BCUT2D eigenvalue weighted by Crippen LogP contribution is 2.50. The van der Waals surface area contributed by atoms with Crippen LogP contribution in [0.15, 0.2) is 53.9 Å². The molecule has 6 rings (SSSR count). The van der Waals surface area contributed by atoms with Crippen molar-refractivity contribution in [2.45, 2.75) is 25.8 Å². The fraction of sp³-hybridized carbons (Fsp3) is 0.333. The minimum atomic E-state index is -0.0790. The number of piperidine rings is 1. The first kappa shape index (κ1) is 20.5. The van der Waals surface area contributed by atoms with Crippen LogP contribution in [0.2, 0.25) is 0 Å². The molecule has 0 radical (unpaired) electrons. The maximum Gasteiger partial charge on any atom is 0.255 e. The topological polar surface area (TPSA) is 58.6 Å². The molecule has 1 aliphatic carbocycles. The Hall–Kier alpha value is -3.12. The van der Waals surface area contributed by atoms with Crippen LogP contribution in [-0.4, -0.2) is 42.5 Å². The lowest BCUT2D eigenvalue weighted by molar-refractivity contribution is 0.0696. The Morgan fingerprint density at radius 3 is 2.82 bits per heavy atom. The van der Waals surface area contributed by atoms with Gasteiger partial charge in [-0.25, -0.2) is 0 Å². The van der Waals surface area contributed by atoms with Gasteiger partial charge in [-0.3, -0.25) is 9.59 Å². The van der Waals surface area contributed by atoms with Crippen LogP contribution in [0.5, 0.6) is 5.75 Å². The van der Waals surface area contributed by atoms with E-state index in [4.69, 9.17) is 4.74 Å². The van der Waals surface area contributed by atoms with Crippen molar-refractivity contribution in [1.82, 2.24) is 10.2 Å². The van der Waals surface area contributed by atoms with Gasteiger partial charge in [0.2, 0.25) is 0 Å². The summed E-state index contributed by atoms with van der Waals surface area (Å²) in [6.45, 7) is 3.96. The molecular weight excluding hydrogens is 432 g/mol. The molecule has 0 spiro atoms. The van der Waals surface area contributed by atoms with E-state index in [0.717, 1.165) is 46.7 Å². The van der Waals surface area contributed by atoms with Gasteiger partial charge in [0.15, 0.2) is 0 Å². The number of hydrogen-bond donors (Lipinski definition) is 1. The highest BCUT2D eigenvalue weighted by Gasteiger charge is 2.54. The van der Waals surface area contributed by atoms with Gasteiger partial charge < -0.3 is 15.0 Å². The van der Waals surface area contributed by atoms with E-state index in [-0.39, 0.29) is 17.9 Å². The highest BCUT2D eigenvalue weighted by molar-refractivity contribution is 7.14. The smallest absolute Gasteiger partial charge is 0.255 e. The Labute approximate surface area is 197 Å². The summed E-state index contributed by atoms with van der Waals surface area (Å²) in [6, 6.07) is 16.0. The highest BCUT2D eigenvalue weighted by atomic mass is 32.1. The fourth-order valence-corrected chi connectivity index (χ4v) is 6.25. The molecule has 2 aromatic carbocycles. The largest absolute Gasteiger partial charge is 0.493 e. The van der Waals surface area contributed by atoms with E-state index in [2.05, 4.69) is 36.5 Å². The summed E-state index contributed by atoms with van der Waals surface area (Å²) in [5.41, 5.74) is 4.72. The summed E-state index contributed by atoms with van der Waals surface area (Å²) in [4.78, 5) is 29.6. The van der Waals surface area contributed by atoms with Crippen LogP contribution >= 0.6 is 11.3 Å². The van der Waals surface area contributed by atoms with Crippen LogP contribution in [0.25, 0.3) is 10.4 Å². The molecule has 3 aliphatic rings. The molecule has 2 fully saturated rings. The van der Waals surface area contributed by atoms with Gasteiger partial charge >= 0.3 is 0 Å². The minimum Gasteiger partial charge on any atom is -0.493 e. The number of nitrogens with one attached hydrogen (secondary N) is 1. The van der Waals surface area contributed by atoms with Gasteiger partial charge in [0.25, 0.3) is 11.8 Å². The molecule has 1 aromatic heterocycles. The van der Waals surface area contributed by atoms with E-state index >= 15 is 0 Å². The summed E-state index contributed by atoms with van der Waals surface area (Å²) < 4.78 is 5.60. The molecule has 1 saturated carbocycles. The summed E-state index contributed by atoms with van der Waals surface area (Å²) >= 11 is 1.61. The van der Waals surface area contributed by atoms with Gasteiger partial charge in [0.1, 0.15) is 5.75 Å². The molecule has 33 heavy (non-hydrogen) atoms. The average Bonchev–Trinajstić information content (AvgIpc) is 3.20. The molecule has 0 unspecified atom stereocenters. The van der Waals surface area contributed by atoms with Gasteiger partial charge in [0, 0.05) is 35.5 Å². The third-order valence-corrected chi connectivity index (χ3v) is 8.20. The number of carbonyl (C=O) groups excluding carboxylic acids is 2. The number of benzene rings is 2. The van der Waals surface area contributed by atoms with Crippen molar-refractivity contribution in [3.05, 3.63) is 76.2 Å². The average molecular weight is 459 g/mol. The number of likely N-dealkylation sites (tertiary alicyclic amines) is 1. The number of hydrogen-bond acceptors (Lipinski definition) is 4. The van der Waals surface area contributed by atoms with E-state index in [9.17, 15) is 9.59 Å². The summed E-state index contributed by atoms with van der Waals surface area (Å²) in [5, 5.41) is 5.12. The molecular formula is C27H26N2O3S. The Balaban J connectivity index is 1.19. The normalized spacial score (nSPS) is 22.5. The molecule has 168 valence electrons. The number of ether oxygens (including phenoxy) is 1. The van der Waals surface area contributed by atoms with Gasteiger partial charge in [-0.05, 0) is 54.3 Å². The first-order valence-corrected chi connectivity index (χ1v) is 12.5. The zero-order valence-electron chi connectivity index (χ0n) is 18.5. The Bertz CT molecular complexity index is 1230. The van der Waals surface area contributed by atoms with E-state index in [0.29, 0.717) is 30.6 Å². The van der Waals surface area contributed by atoms with Crippen LogP contribution in [0, 0.1) is 18.8 Å². The third kappa shape index (κ3) is 3.62. The van der Waals surface area contributed by atoms with E-state index in [1.54, 1.807) is 11.3 Å². The zero-order chi connectivity index (χ0) is 22.5. The molecule has 3 atom stereocenters. The second kappa shape index (κ2) is 8.03. The number of fused-ring (bicyclic) bond motifs is 2. The van der Waals surface area contributed by atoms with Crippen molar-refractivity contribution in [3.8, 4) is 16.2 Å². The number of amides is 2. The number of rotatable bonds is 5.